The molecule has 0 heterocycles. The Morgan fingerprint density at radius 2 is 0.571 bits per heavy atom. The molecule has 0 aromatic heterocycles. The second-order valence-corrected chi connectivity index (χ2v) is 17.4. The summed E-state index contributed by atoms with van der Waals surface area (Å²) in [5.41, 5.74) is 0. The molecule has 63 heavy (non-hydrogen) atoms. The Morgan fingerprint density at radius 1 is 0.317 bits per heavy atom. The molecule has 0 saturated carbocycles. The molecule has 0 aliphatic carbocycles. The van der Waals surface area contributed by atoms with E-state index in [1.54, 1.807) is 0 Å². The van der Waals surface area contributed by atoms with Gasteiger partial charge in [0.1, 0.15) is 13.2 Å². The van der Waals surface area contributed by atoms with E-state index in [2.05, 4.69) is 93.7 Å². The zero-order valence-electron chi connectivity index (χ0n) is 41.3. The molecule has 0 amide bonds. The fourth-order valence-electron chi connectivity index (χ4n) is 7.12. The van der Waals surface area contributed by atoms with E-state index in [0.717, 1.165) is 96.3 Å². The average Bonchev–Trinajstić information content (AvgIpc) is 3.28. The molecule has 0 rings (SSSR count). The monoisotopic (exact) mass is 879 g/mol. The van der Waals surface area contributed by atoms with Crippen molar-refractivity contribution in [3.63, 3.8) is 0 Å². The third kappa shape index (κ3) is 49.7. The van der Waals surface area contributed by atoms with Gasteiger partial charge in [0.2, 0.25) is 0 Å². The van der Waals surface area contributed by atoms with Crippen LogP contribution in [0.25, 0.3) is 0 Å². The molecule has 6 nitrogen and oxygen atoms in total. The third-order valence-corrected chi connectivity index (χ3v) is 11.2. The Kier molecular flexibility index (Phi) is 48.9. The number of carbonyl (C=O) groups excluding carboxylic acids is 3. The van der Waals surface area contributed by atoms with Crippen molar-refractivity contribution < 1.29 is 28.6 Å². The maximum absolute atomic E-state index is 12.8. The van der Waals surface area contributed by atoms with Crippen LogP contribution in [0, 0.1) is 0 Å². The summed E-state index contributed by atoms with van der Waals surface area (Å²) in [5, 5.41) is 0. The van der Waals surface area contributed by atoms with Crippen molar-refractivity contribution in [1.29, 1.82) is 0 Å². The van der Waals surface area contributed by atoms with Crippen molar-refractivity contribution in [2.75, 3.05) is 13.2 Å². The highest BCUT2D eigenvalue weighted by Gasteiger charge is 2.19. The predicted octanol–water partition coefficient (Wildman–Crippen LogP) is 17.4. The highest BCUT2D eigenvalue weighted by Crippen LogP contribution is 2.14. The molecule has 0 fully saturated rings. The Labute approximate surface area is 389 Å². The quantitative estimate of drug-likeness (QED) is 0.0262. The number of allylic oxidation sites excluding steroid dienone is 12. The van der Waals surface area contributed by atoms with Gasteiger partial charge in [-0.15, -0.1) is 0 Å². The van der Waals surface area contributed by atoms with Crippen LogP contribution in [0.5, 0.6) is 0 Å². The van der Waals surface area contributed by atoms with Crippen molar-refractivity contribution in [1.82, 2.24) is 0 Å². The lowest BCUT2D eigenvalue weighted by atomic mass is 10.1. The number of hydrogen-bond donors (Lipinski definition) is 0. The van der Waals surface area contributed by atoms with Crippen LogP contribution in [0.2, 0.25) is 0 Å². The molecular weight excluding hydrogens is 781 g/mol. The fourth-order valence-corrected chi connectivity index (χ4v) is 7.12. The van der Waals surface area contributed by atoms with Crippen LogP contribution in [0.4, 0.5) is 0 Å². The summed E-state index contributed by atoms with van der Waals surface area (Å²) in [6.07, 6.45) is 64.5. The number of esters is 3. The Hall–Kier alpha value is -3.15. The Morgan fingerprint density at radius 3 is 0.968 bits per heavy atom. The van der Waals surface area contributed by atoms with Gasteiger partial charge < -0.3 is 14.2 Å². The molecule has 0 aromatic carbocycles. The molecule has 1 atom stereocenters. The third-order valence-electron chi connectivity index (χ3n) is 11.2. The first kappa shape index (κ1) is 59.9. The van der Waals surface area contributed by atoms with Crippen molar-refractivity contribution in [3.05, 3.63) is 72.9 Å². The van der Waals surface area contributed by atoms with Gasteiger partial charge in [-0.25, -0.2) is 0 Å². The minimum absolute atomic E-state index is 0.0955. The fraction of sp³-hybridized carbons (Fsp3) is 0.737. The number of carbonyl (C=O) groups is 3. The van der Waals surface area contributed by atoms with Gasteiger partial charge in [-0.2, -0.15) is 0 Å². The van der Waals surface area contributed by atoms with E-state index in [4.69, 9.17) is 14.2 Å². The second-order valence-electron chi connectivity index (χ2n) is 17.4. The Balaban J connectivity index is 4.47. The van der Waals surface area contributed by atoms with Gasteiger partial charge in [-0.1, -0.05) is 190 Å². The number of ether oxygens (including phenoxy) is 3. The van der Waals surface area contributed by atoms with Crippen molar-refractivity contribution >= 4 is 17.9 Å². The van der Waals surface area contributed by atoms with Gasteiger partial charge in [-0.05, 0) is 116 Å². The number of rotatable bonds is 47. The predicted molar refractivity (Wildman–Crippen MR) is 270 cm³/mol. The highest BCUT2D eigenvalue weighted by molar-refractivity contribution is 5.71. The van der Waals surface area contributed by atoms with E-state index in [-0.39, 0.29) is 31.1 Å². The normalized spacial score (nSPS) is 12.6. The minimum atomic E-state index is -0.799. The molecular formula is C57H98O6. The lowest BCUT2D eigenvalue weighted by molar-refractivity contribution is -0.167. The molecule has 0 N–H and O–H groups in total. The molecule has 0 aliphatic rings. The molecule has 362 valence electrons. The van der Waals surface area contributed by atoms with Gasteiger partial charge in [-0.3, -0.25) is 14.4 Å². The molecule has 0 unspecified atom stereocenters. The average molecular weight is 879 g/mol. The lowest BCUT2D eigenvalue weighted by Gasteiger charge is -2.18. The first-order valence-electron chi connectivity index (χ1n) is 26.4. The van der Waals surface area contributed by atoms with Gasteiger partial charge in [0, 0.05) is 19.3 Å². The topological polar surface area (TPSA) is 78.9 Å². The summed E-state index contributed by atoms with van der Waals surface area (Å²) in [5.74, 6) is -0.951. The summed E-state index contributed by atoms with van der Waals surface area (Å²) >= 11 is 0. The van der Waals surface area contributed by atoms with Crippen LogP contribution in [-0.2, 0) is 28.6 Å². The summed E-state index contributed by atoms with van der Waals surface area (Å²) in [7, 11) is 0. The van der Waals surface area contributed by atoms with Crippen LogP contribution < -0.4 is 0 Å². The first-order valence-corrected chi connectivity index (χ1v) is 26.4. The van der Waals surface area contributed by atoms with Crippen LogP contribution in [0.1, 0.15) is 252 Å². The second kappa shape index (κ2) is 51.5. The standard InChI is InChI=1S/C57H98O6/c1-4-7-10-13-16-19-22-25-28-31-34-37-40-43-46-49-55(58)61-52-54(63-57(60)51-48-45-42-39-36-33-30-27-24-21-18-15-12-9-6-3)53-62-56(59)50-47-44-41-38-35-32-29-26-23-20-17-14-11-8-5-2/h16,18-21,23,25,27-28,30,34,37,54H,4-15,17,22,24,26,29,31-33,35-36,38-53H2,1-3H3/b19-16-,21-18-,23-20-,28-25-,30-27-,37-34-/t54-/m1/s1. The molecule has 0 bridgehead atoms. The summed E-state index contributed by atoms with van der Waals surface area (Å²) < 4.78 is 16.8. The lowest BCUT2D eigenvalue weighted by Crippen LogP contribution is -2.30. The van der Waals surface area contributed by atoms with Crippen LogP contribution in [-0.4, -0.2) is 37.2 Å². The van der Waals surface area contributed by atoms with E-state index in [1.807, 2.05) is 0 Å². The van der Waals surface area contributed by atoms with E-state index in [9.17, 15) is 14.4 Å². The molecule has 0 aliphatic heterocycles. The maximum atomic E-state index is 12.8. The van der Waals surface area contributed by atoms with E-state index in [0.29, 0.717) is 19.3 Å². The van der Waals surface area contributed by atoms with Crippen LogP contribution in [0.3, 0.4) is 0 Å². The van der Waals surface area contributed by atoms with E-state index >= 15 is 0 Å². The van der Waals surface area contributed by atoms with Gasteiger partial charge in [0.25, 0.3) is 0 Å². The largest absolute Gasteiger partial charge is 0.462 e. The molecule has 0 aromatic rings. The molecule has 6 heteroatoms. The molecule has 0 radical (unpaired) electrons. The summed E-state index contributed by atoms with van der Waals surface area (Å²) in [6, 6.07) is 0. The molecule has 0 spiro atoms. The Bertz CT molecular complexity index is 1190. The SMILES string of the molecule is CCCCC/C=C\C/C=C\C/C=C\CCCCC(=O)OC[C@H](COC(=O)CCCCCCCCC/C=C\CCCCCC)OC(=O)CCCCCCC/C=C\C/C=C\CCCCC. The number of hydrogen-bond acceptors (Lipinski definition) is 6. The minimum Gasteiger partial charge on any atom is -0.462 e. The summed E-state index contributed by atoms with van der Waals surface area (Å²) in [6.45, 7) is 6.52. The van der Waals surface area contributed by atoms with Crippen LogP contribution >= 0.6 is 0 Å². The highest BCUT2D eigenvalue weighted by atomic mass is 16.6. The van der Waals surface area contributed by atoms with Gasteiger partial charge in [0.15, 0.2) is 6.10 Å². The molecule has 0 saturated heterocycles. The zero-order valence-corrected chi connectivity index (χ0v) is 41.3. The van der Waals surface area contributed by atoms with Crippen molar-refractivity contribution in [2.24, 2.45) is 0 Å². The smallest absolute Gasteiger partial charge is 0.306 e. The first-order chi connectivity index (χ1) is 31.0. The zero-order chi connectivity index (χ0) is 45.8. The summed E-state index contributed by atoms with van der Waals surface area (Å²) in [4.78, 5) is 38.0. The van der Waals surface area contributed by atoms with Gasteiger partial charge in [0.05, 0.1) is 0 Å². The van der Waals surface area contributed by atoms with E-state index in [1.165, 1.54) is 116 Å². The van der Waals surface area contributed by atoms with E-state index < -0.39 is 6.10 Å². The van der Waals surface area contributed by atoms with Crippen molar-refractivity contribution in [2.45, 2.75) is 258 Å². The number of unbranched alkanes of at least 4 members (excludes halogenated alkanes) is 24. The van der Waals surface area contributed by atoms with Gasteiger partial charge >= 0.3 is 17.9 Å². The van der Waals surface area contributed by atoms with Crippen molar-refractivity contribution in [3.8, 4) is 0 Å². The maximum Gasteiger partial charge on any atom is 0.306 e. The van der Waals surface area contributed by atoms with Crippen LogP contribution in [0.15, 0.2) is 72.9 Å².